The predicted octanol–water partition coefficient (Wildman–Crippen LogP) is 4.44. The van der Waals surface area contributed by atoms with E-state index in [0.29, 0.717) is 11.1 Å². The quantitative estimate of drug-likeness (QED) is 0.746. The van der Waals surface area contributed by atoms with Gasteiger partial charge in [-0.25, -0.2) is 0 Å². The Morgan fingerprint density at radius 2 is 0.958 bits per heavy atom. The summed E-state index contributed by atoms with van der Waals surface area (Å²) in [5, 5.41) is 19.2. The maximum absolute atomic E-state index is 10.9. The molecule has 0 saturated heterocycles. The molecule has 24 heavy (non-hydrogen) atoms. The number of alkyl halides is 6. The third kappa shape index (κ3) is 5.18. The Morgan fingerprint density at radius 1 is 0.667 bits per heavy atom. The number of aromatic hydroxyl groups is 2. The van der Waals surface area contributed by atoms with E-state index in [0.717, 1.165) is 0 Å². The summed E-state index contributed by atoms with van der Waals surface area (Å²) in [6.07, 6.45) is -11.6. The van der Waals surface area contributed by atoms with Crippen LogP contribution in [0.5, 0.6) is 11.5 Å². The minimum absolute atomic E-state index is 0.175. The van der Waals surface area contributed by atoms with Gasteiger partial charge in [0, 0.05) is 11.1 Å². The van der Waals surface area contributed by atoms with E-state index in [1.54, 1.807) is 36.4 Å². The van der Waals surface area contributed by atoms with Gasteiger partial charge < -0.3 is 10.2 Å². The lowest BCUT2D eigenvalue weighted by Crippen LogP contribution is -2.36. The molecule has 0 aliphatic carbocycles. The average Bonchev–Trinajstić information content (AvgIpc) is 2.47. The van der Waals surface area contributed by atoms with E-state index >= 15 is 0 Å². The van der Waals surface area contributed by atoms with E-state index in [1.807, 2.05) is 12.1 Å². The summed E-state index contributed by atoms with van der Waals surface area (Å²) in [5.41, 5.74) is 1.29. The minimum atomic E-state index is -5.82. The summed E-state index contributed by atoms with van der Waals surface area (Å²) in [7, 11) is 0. The first-order valence-electron chi connectivity index (χ1n) is 6.19. The Labute approximate surface area is 131 Å². The maximum atomic E-state index is 10.9. The predicted molar refractivity (Wildman–Crippen MR) is 72.3 cm³/mol. The highest BCUT2D eigenvalue weighted by atomic mass is 19.4. The summed E-state index contributed by atoms with van der Waals surface area (Å²) in [6.45, 7) is 0. The monoisotopic (exact) mass is 352 g/mol. The van der Waals surface area contributed by atoms with Crippen molar-refractivity contribution in [2.24, 2.45) is 0 Å². The largest absolute Gasteiger partial charge is 0.507 e. The van der Waals surface area contributed by atoms with E-state index < -0.39 is 18.1 Å². The van der Waals surface area contributed by atoms with Crippen LogP contribution in [0.3, 0.4) is 0 Å². The minimum Gasteiger partial charge on any atom is -0.507 e. The van der Waals surface area contributed by atoms with Gasteiger partial charge in [-0.05, 0) is 12.1 Å². The van der Waals surface area contributed by atoms with Crippen LogP contribution in [0.25, 0.3) is 11.1 Å². The van der Waals surface area contributed by atoms with Crippen LogP contribution in [0, 0.1) is 0 Å². The number of carbonyl (C=O) groups is 1. The highest BCUT2D eigenvalue weighted by Gasteiger charge is 2.55. The number of carbonyl (C=O) groups excluding carboxylic acids is 1. The number of phenolic OH excluding ortho intramolecular Hbond substituents is 2. The number of rotatable bonds is 1. The molecule has 0 aromatic heterocycles. The summed E-state index contributed by atoms with van der Waals surface area (Å²) in [5.74, 6) is -3.33. The van der Waals surface area contributed by atoms with Gasteiger partial charge in [-0.3, -0.25) is 4.79 Å². The molecule has 0 fully saturated rings. The van der Waals surface area contributed by atoms with Crippen LogP contribution in [-0.4, -0.2) is 28.3 Å². The van der Waals surface area contributed by atoms with Crippen LogP contribution >= 0.6 is 0 Å². The number of phenols is 2. The Balaban J connectivity index is 0.000000257. The van der Waals surface area contributed by atoms with Crippen molar-refractivity contribution in [1.29, 1.82) is 0 Å². The summed E-state index contributed by atoms with van der Waals surface area (Å²) >= 11 is 0. The molecule has 0 bridgehead atoms. The lowest BCUT2D eigenvalue weighted by atomic mass is 10.0. The van der Waals surface area contributed by atoms with Crippen molar-refractivity contribution < 1.29 is 41.4 Å². The van der Waals surface area contributed by atoms with Gasteiger partial charge in [-0.15, -0.1) is 0 Å². The molecular formula is C15H10F6O3. The van der Waals surface area contributed by atoms with Gasteiger partial charge in [0.1, 0.15) is 11.5 Å². The maximum Gasteiger partial charge on any atom is 0.459 e. The molecule has 0 aliphatic rings. The lowest BCUT2D eigenvalue weighted by Gasteiger charge is -2.06. The Morgan fingerprint density at radius 3 is 1.17 bits per heavy atom. The third-order valence-corrected chi connectivity index (χ3v) is 2.61. The van der Waals surface area contributed by atoms with Crippen molar-refractivity contribution in [3.63, 3.8) is 0 Å². The van der Waals surface area contributed by atoms with Gasteiger partial charge >= 0.3 is 18.1 Å². The van der Waals surface area contributed by atoms with Gasteiger partial charge in [0.05, 0.1) is 0 Å². The van der Waals surface area contributed by atoms with Gasteiger partial charge in [0.2, 0.25) is 0 Å². The molecule has 9 heteroatoms. The molecule has 3 nitrogen and oxygen atoms in total. The summed E-state index contributed by atoms with van der Waals surface area (Å²) in [4.78, 5) is 9.24. The first-order chi connectivity index (χ1) is 10.9. The van der Waals surface area contributed by atoms with Crippen molar-refractivity contribution >= 4 is 5.78 Å². The van der Waals surface area contributed by atoms with Crippen molar-refractivity contribution in [2.45, 2.75) is 12.4 Å². The number of benzene rings is 2. The van der Waals surface area contributed by atoms with Crippen molar-refractivity contribution in [3.05, 3.63) is 48.5 Å². The van der Waals surface area contributed by atoms with Gasteiger partial charge in [-0.2, -0.15) is 26.3 Å². The molecule has 0 radical (unpaired) electrons. The Bertz CT molecular complexity index is 647. The molecule has 0 atom stereocenters. The zero-order chi connectivity index (χ0) is 18.5. The van der Waals surface area contributed by atoms with E-state index in [-0.39, 0.29) is 11.5 Å². The number of para-hydroxylation sites is 2. The standard InChI is InChI=1S/C12H10O2.C3F6O/c13-11-7-3-1-5-9(11)10-6-2-4-8-12(10)14;4-2(5,6)1(10)3(7,8)9/h1-8,13-14H;. The SMILES string of the molecule is O=C(C(F)(F)F)C(F)(F)F.Oc1ccccc1-c1ccccc1O. The van der Waals surface area contributed by atoms with E-state index in [1.165, 1.54) is 0 Å². The Kier molecular flexibility index (Phi) is 5.83. The van der Waals surface area contributed by atoms with Gasteiger partial charge in [-0.1, -0.05) is 36.4 Å². The second-order valence-electron chi connectivity index (χ2n) is 4.36. The zero-order valence-electron chi connectivity index (χ0n) is 11.7. The van der Waals surface area contributed by atoms with Crippen LogP contribution in [0.1, 0.15) is 0 Å². The first kappa shape index (κ1) is 19.3. The molecule has 2 aromatic carbocycles. The number of Topliss-reactive ketones (excluding diaryl/α,β-unsaturated/α-hetero) is 1. The topological polar surface area (TPSA) is 57.5 Å². The number of ketones is 1. The van der Waals surface area contributed by atoms with Crippen LogP contribution < -0.4 is 0 Å². The van der Waals surface area contributed by atoms with Crippen molar-refractivity contribution in [1.82, 2.24) is 0 Å². The van der Waals surface area contributed by atoms with Crippen LogP contribution in [0.4, 0.5) is 26.3 Å². The molecule has 0 spiro atoms. The second kappa shape index (κ2) is 7.24. The van der Waals surface area contributed by atoms with Crippen molar-refractivity contribution in [3.8, 4) is 22.6 Å². The number of hydrogen-bond donors (Lipinski definition) is 2. The van der Waals surface area contributed by atoms with Crippen molar-refractivity contribution in [2.75, 3.05) is 0 Å². The van der Waals surface area contributed by atoms with Crippen LogP contribution in [-0.2, 0) is 4.79 Å². The average molecular weight is 352 g/mol. The molecule has 0 saturated carbocycles. The second-order valence-corrected chi connectivity index (χ2v) is 4.36. The number of halogens is 6. The van der Waals surface area contributed by atoms with E-state index in [9.17, 15) is 41.4 Å². The Hall–Kier alpha value is -2.71. The van der Waals surface area contributed by atoms with E-state index in [2.05, 4.69) is 0 Å². The van der Waals surface area contributed by atoms with Gasteiger partial charge in [0.25, 0.3) is 0 Å². The molecule has 2 N–H and O–H groups in total. The molecule has 0 aliphatic heterocycles. The zero-order valence-corrected chi connectivity index (χ0v) is 11.7. The molecule has 0 amide bonds. The first-order valence-corrected chi connectivity index (χ1v) is 6.19. The molecule has 0 heterocycles. The normalized spacial score (nSPS) is 11.4. The highest BCUT2D eigenvalue weighted by Crippen LogP contribution is 2.34. The van der Waals surface area contributed by atoms with E-state index in [4.69, 9.17) is 0 Å². The fraction of sp³-hybridized carbons (Fsp3) is 0.133. The van der Waals surface area contributed by atoms with Gasteiger partial charge in [0.15, 0.2) is 0 Å². The summed E-state index contributed by atoms with van der Waals surface area (Å²) in [6, 6.07) is 13.9. The molecule has 0 unspecified atom stereocenters. The molecule has 2 aromatic rings. The molecule has 130 valence electrons. The lowest BCUT2D eigenvalue weighted by molar-refractivity contribution is -0.217. The third-order valence-electron chi connectivity index (χ3n) is 2.61. The highest BCUT2D eigenvalue weighted by molar-refractivity contribution is 5.89. The van der Waals surface area contributed by atoms with Crippen LogP contribution in [0.15, 0.2) is 48.5 Å². The fourth-order valence-electron chi connectivity index (χ4n) is 1.56. The molecule has 2 rings (SSSR count). The smallest absolute Gasteiger partial charge is 0.459 e. The van der Waals surface area contributed by atoms with Crippen LogP contribution in [0.2, 0.25) is 0 Å². The molecular weight excluding hydrogens is 342 g/mol. The number of hydrogen-bond acceptors (Lipinski definition) is 3. The summed E-state index contributed by atoms with van der Waals surface area (Å²) < 4.78 is 65.3. The fourth-order valence-corrected chi connectivity index (χ4v) is 1.56.